The van der Waals surface area contributed by atoms with Crippen LogP contribution in [0, 0.1) is 11.8 Å². The van der Waals surface area contributed by atoms with Crippen LogP contribution in [0.25, 0.3) is 0 Å². The van der Waals surface area contributed by atoms with Crippen LogP contribution in [0.1, 0.15) is 64.7 Å². The summed E-state index contributed by atoms with van der Waals surface area (Å²) in [6, 6.07) is 1.10. The molecule has 0 bridgehead atoms. The van der Waals surface area contributed by atoms with Crippen molar-refractivity contribution in [2.24, 2.45) is 11.8 Å². The Bertz CT molecular complexity index is 334. The summed E-state index contributed by atoms with van der Waals surface area (Å²) in [5, 5.41) is 3.46. The lowest BCUT2D eigenvalue weighted by Crippen LogP contribution is -2.46. The summed E-state index contributed by atoms with van der Waals surface area (Å²) in [5.41, 5.74) is 0. The number of hydrogen-bond acceptors (Lipinski definition) is 2. The summed E-state index contributed by atoms with van der Waals surface area (Å²) < 4.78 is 0. The first-order valence-electron chi connectivity index (χ1n) is 8.78. The Labute approximate surface area is 123 Å². The van der Waals surface area contributed by atoms with Gasteiger partial charge in [-0.2, -0.15) is 0 Å². The predicted octanol–water partition coefficient (Wildman–Crippen LogP) is 2.95. The number of carbonyl (C=O) groups excluding carboxylic acids is 1. The van der Waals surface area contributed by atoms with Crippen molar-refractivity contribution >= 4 is 5.91 Å². The molecule has 0 aromatic rings. The van der Waals surface area contributed by atoms with Crippen molar-refractivity contribution in [3.05, 3.63) is 0 Å². The van der Waals surface area contributed by atoms with Crippen LogP contribution in [-0.2, 0) is 4.79 Å². The molecule has 3 heteroatoms. The van der Waals surface area contributed by atoms with Crippen molar-refractivity contribution in [1.29, 1.82) is 0 Å². The van der Waals surface area contributed by atoms with Crippen LogP contribution in [0.4, 0.5) is 0 Å². The summed E-state index contributed by atoms with van der Waals surface area (Å²) >= 11 is 0. The van der Waals surface area contributed by atoms with Crippen LogP contribution in [0.15, 0.2) is 0 Å². The third kappa shape index (κ3) is 3.55. The maximum atomic E-state index is 12.9. The fourth-order valence-electron chi connectivity index (χ4n) is 4.04. The van der Waals surface area contributed by atoms with Crippen LogP contribution in [-0.4, -0.2) is 36.0 Å². The number of hydrogen-bond donors (Lipinski definition) is 1. The molecule has 0 radical (unpaired) electrons. The summed E-state index contributed by atoms with van der Waals surface area (Å²) in [6.45, 7) is 4.28. The van der Waals surface area contributed by atoms with E-state index < -0.39 is 0 Å². The van der Waals surface area contributed by atoms with Gasteiger partial charge in [-0.3, -0.25) is 4.79 Å². The van der Waals surface area contributed by atoms with Crippen molar-refractivity contribution in [3.63, 3.8) is 0 Å². The van der Waals surface area contributed by atoms with E-state index in [0.717, 1.165) is 31.8 Å². The predicted molar refractivity (Wildman–Crippen MR) is 81.5 cm³/mol. The molecule has 3 nitrogen and oxygen atoms in total. The highest BCUT2D eigenvalue weighted by Gasteiger charge is 2.38. The van der Waals surface area contributed by atoms with E-state index in [0.29, 0.717) is 18.0 Å². The number of nitrogens with zero attached hydrogens (tertiary/aromatic N) is 1. The summed E-state index contributed by atoms with van der Waals surface area (Å²) in [4.78, 5) is 15.2. The molecule has 3 rings (SSSR count). The van der Waals surface area contributed by atoms with Crippen molar-refractivity contribution in [2.45, 2.75) is 76.8 Å². The van der Waals surface area contributed by atoms with Gasteiger partial charge in [0.05, 0.1) is 0 Å². The van der Waals surface area contributed by atoms with Gasteiger partial charge in [0.2, 0.25) is 5.91 Å². The summed E-state index contributed by atoms with van der Waals surface area (Å²) in [5.74, 6) is 1.55. The zero-order valence-corrected chi connectivity index (χ0v) is 12.9. The summed E-state index contributed by atoms with van der Waals surface area (Å²) in [7, 11) is 0. The first-order valence-corrected chi connectivity index (χ1v) is 8.78. The Morgan fingerprint density at radius 3 is 2.50 bits per heavy atom. The van der Waals surface area contributed by atoms with Gasteiger partial charge in [0, 0.05) is 24.5 Å². The molecule has 1 saturated heterocycles. The zero-order chi connectivity index (χ0) is 13.9. The van der Waals surface area contributed by atoms with E-state index in [4.69, 9.17) is 0 Å². The molecule has 0 aromatic heterocycles. The molecular formula is C17H30N2O. The van der Waals surface area contributed by atoms with Crippen LogP contribution >= 0.6 is 0 Å². The third-order valence-corrected chi connectivity index (χ3v) is 5.42. The van der Waals surface area contributed by atoms with Crippen molar-refractivity contribution < 1.29 is 4.79 Å². The number of nitrogens with one attached hydrogen (secondary N) is 1. The van der Waals surface area contributed by atoms with Gasteiger partial charge in [-0.05, 0) is 57.9 Å². The highest BCUT2D eigenvalue weighted by atomic mass is 16.2. The Kier molecular flexibility index (Phi) is 4.65. The van der Waals surface area contributed by atoms with Gasteiger partial charge < -0.3 is 10.2 Å². The Balaban J connectivity index is 1.59. The maximum Gasteiger partial charge on any atom is 0.226 e. The van der Waals surface area contributed by atoms with Crippen LogP contribution in [0.2, 0.25) is 0 Å². The lowest BCUT2D eigenvalue weighted by atomic mass is 9.87. The Hall–Kier alpha value is -0.570. The number of carbonyl (C=O) groups is 1. The molecule has 2 unspecified atom stereocenters. The topological polar surface area (TPSA) is 32.3 Å². The van der Waals surface area contributed by atoms with E-state index in [1.807, 2.05) is 0 Å². The number of rotatable bonds is 4. The molecule has 1 aliphatic heterocycles. The average molecular weight is 278 g/mol. The molecule has 3 fully saturated rings. The van der Waals surface area contributed by atoms with Gasteiger partial charge in [-0.25, -0.2) is 0 Å². The molecule has 1 heterocycles. The fourth-order valence-corrected chi connectivity index (χ4v) is 4.04. The third-order valence-electron chi connectivity index (χ3n) is 5.42. The quantitative estimate of drug-likeness (QED) is 0.857. The second-order valence-electron chi connectivity index (χ2n) is 7.30. The second kappa shape index (κ2) is 6.46. The largest absolute Gasteiger partial charge is 0.339 e. The molecule has 3 aliphatic rings. The molecule has 2 saturated carbocycles. The van der Waals surface area contributed by atoms with Crippen LogP contribution in [0.3, 0.4) is 0 Å². The maximum absolute atomic E-state index is 12.9. The molecule has 1 amide bonds. The summed E-state index contributed by atoms with van der Waals surface area (Å²) in [6.07, 6.45) is 11.4. The van der Waals surface area contributed by atoms with Gasteiger partial charge >= 0.3 is 0 Å². The Morgan fingerprint density at radius 1 is 1.10 bits per heavy atom. The van der Waals surface area contributed by atoms with Gasteiger partial charge in [-0.15, -0.1) is 0 Å². The van der Waals surface area contributed by atoms with E-state index in [2.05, 4.69) is 17.1 Å². The standard InChI is InChI=1S/C17H30N2O/c1-13-11-15(9-10-18-13)17(20)19(16-7-8-16)12-14-5-3-2-4-6-14/h13-16,18H,2-12H2,1H3. The van der Waals surface area contributed by atoms with Crippen molar-refractivity contribution in [2.75, 3.05) is 13.1 Å². The first-order chi connectivity index (χ1) is 9.74. The van der Waals surface area contributed by atoms with Gasteiger partial charge in [0.1, 0.15) is 0 Å². The Morgan fingerprint density at radius 2 is 1.85 bits per heavy atom. The molecule has 1 N–H and O–H groups in total. The molecule has 2 aliphatic carbocycles. The van der Waals surface area contributed by atoms with E-state index in [-0.39, 0.29) is 5.92 Å². The average Bonchev–Trinajstić information content (AvgIpc) is 3.30. The van der Waals surface area contributed by atoms with Crippen molar-refractivity contribution in [1.82, 2.24) is 10.2 Å². The monoisotopic (exact) mass is 278 g/mol. The second-order valence-corrected chi connectivity index (χ2v) is 7.30. The van der Waals surface area contributed by atoms with Gasteiger partial charge in [-0.1, -0.05) is 19.3 Å². The lowest BCUT2D eigenvalue weighted by molar-refractivity contribution is -0.138. The van der Waals surface area contributed by atoms with Crippen LogP contribution in [0.5, 0.6) is 0 Å². The molecule has 2 atom stereocenters. The number of amides is 1. The molecule has 0 aromatic carbocycles. The minimum atomic E-state index is 0.287. The van der Waals surface area contributed by atoms with Gasteiger partial charge in [0.15, 0.2) is 0 Å². The first kappa shape index (κ1) is 14.4. The minimum Gasteiger partial charge on any atom is -0.339 e. The normalized spacial score (nSPS) is 32.0. The lowest BCUT2D eigenvalue weighted by Gasteiger charge is -2.35. The van der Waals surface area contributed by atoms with E-state index in [9.17, 15) is 4.79 Å². The molecular weight excluding hydrogens is 248 g/mol. The van der Waals surface area contributed by atoms with E-state index in [1.165, 1.54) is 44.9 Å². The SMILES string of the molecule is CC1CC(C(=O)N(CC2CCCCC2)C2CC2)CCN1. The molecule has 0 spiro atoms. The highest BCUT2D eigenvalue weighted by Crippen LogP contribution is 2.33. The van der Waals surface area contributed by atoms with E-state index >= 15 is 0 Å². The number of piperidine rings is 1. The minimum absolute atomic E-state index is 0.287. The molecule has 114 valence electrons. The van der Waals surface area contributed by atoms with Crippen molar-refractivity contribution in [3.8, 4) is 0 Å². The van der Waals surface area contributed by atoms with Crippen LogP contribution < -0.4 is 5.32 Å². The van der Waals surface area contributed by atoms with Gasteiger partial charge in [0.25, 0.3) is 0 Å². The van der Waals surface area contributed by atoms with E-state index in [1.54, 1.807) is 0 Å². The smallest absolute Gasteiger partial charge is 0.226 e. The zero-order valence-electron chi connectivity index (χ0n) is 12.9. The fraction of sp³-hybridized carbons (Fsp3) is 0.941. The molecule has 20 heavy (non-hydrogen) atoms. The highest BCUT2D eigenvalue weighted by molar-refractivity contribution is 5.79.